The van der Waals surface area contributed by atoms with Gasteiger partial charge in [0.05, 0.1) is 0 Å². The summed E-state index contributed by atoms with van der Waals surface area (Å²) in [5.41, 5.74) is 0.845. The van der Waals surface area contributed by atoms with Gasteiger partial charge in [0.25, 0.3) is 5.91 Å². The zero-order valence-electron chi connectivity index (χ0n) is 15.2. The molecule has 2 aromatic rings. The minimum atomic E-state index is 0.188. The van der Waals surface area contributed by atoms with Gasteiger partial charge in [0.15, 0.2) is 0 Å². The molecule has 0 bridgehead atoms. The Morgan fingerprint density at radius 2 is 1.72 bits per heavy atom. The Kier molecular flexibility index (Phi) is 4.76. The molecular formula is C22H28N2O. The second-order valence-corrected chi connectivity index (χ2v) is 7.78. The van der Waals surface area contributed by atoms with Crippen LogP contribution < -0.4 is 0 Å². The fourth-order valence-corrected chi connectivity index (χ4v) is 4.61. The molecule has 132 valence electrons. The summed E-state index contributed by atoms with van der Waals surface area (Å²) in [6.07, 6.45) is 5.41. The number of hydrogen-bond acceptors (Lipinski definition) is 2. The largest absolute Gasteiger partial charge is 0.336 e. The zero-order valence-corrected chi connectivity index (χ0v) is 15.2. The van der Waals surface area contributed by atoms with Crippen LogP contribution in [-0.4, -0.2) is 47.9 Å². The third-order valence-electron chi connectivity index (χ3n) is 6.05. The van der Waals surface area contributed by atoms with Crippen LogP contribution >= 0.6 is 0 Å². The minimum Gasteiger partial charge on any atom is -0.336 e. The number of carbonyl (C=O) groups excluding carboxylic acids is 1. The monoisotopic (exact) mass is 336 g/mol. The van der Waals surface area contributed by atoms with E-state index in [0.29, 0.717) is 0 Å². The van der Waals surface area contributed by atoms with Crippen molar-refractivity contribution in [2.75, 3.05) is 26.2 Å². The van der Waals surface area contributed by atoms with Crippen molar-refractivity contribution in [3.05, 3.63) is 48.0 Å². The second-order valence-electron chi connectivity index (χ2n) is 7.78. The lowest BCUT2D eigenvalue weighted by atomic mass is 9.86. The Hall–Kier alpha value is -1.87. The van der Waals surface area contributed by atoms with Gasteiger partial charge in [-0.05, 0) is 35.6 Å². The Labute approximate surface area is 150 Å². The summed E-state index contributed by atoms with van der Waals surface area (Å²) in [6, 6.07) is 15.0. The molecule has 0 spiro atoms. The molecule has 1 aliphatic heterocycles. The topological polar surface area (TPSA) is 23.6 Å². The van der Waals surface area contributed by atoms with Gasteiger partial charge in [-0.2, -0.15) is 0 Å². The Morgan fingerprint density at radius 1 is 0.960 bits per heavy atom. The van der Waals surface area contributed by atoms with Crippen LogP contribution in [0.1, 0.15) is 43.0 Å². The number of carbonyl (C=O) groups is 1. The van der Waals surface area contributed by atoms with Crippen molar-refractivity contribution < 1.29 is 4.79 Å². The quantitative estimate of drug-likeness (QED) is 0.821. The van der Waals surface area contributed by atoms with Crippen LogP contribution in [0.2, 0.25) is 0 Å². The standard InChI is InChI=1S/C22H28N2O/c1-17-6-4-9-19(16-17)23-12-14-24(15-13-23)22(25)21-11-5-8-18-7-2-3-10-20(18)21/h2-3,5,7-8,10-11,17,19H,4,6,9,12-16H2,1H3/t17-,19-/m1/s1. The van der Waals surface area contributed by atoms with E-state index in [1.807, 2.05) is 29.2 Å². The van der Waals surface area contributed by atoms with Crippen molar-refractivity contribution in [2.24, 2.45) is 5.92 Å². The molecule has 2 aromatic carbocycles. The molecule has 1 saturated carbocycles. The van der Waals surface area contributed by atoms with Crippen LogP contribution in [0.4, 0.5) is 0 Å². The van der Waals surface area contributed by atoms with Gasteiger partial charge in [-0.15, -0.1) is 0 Å². The van der Waals surface area contributed by atoms with E-state index in [1.54, 1.807) is 0 Å². The third kappa shape index (κ3) is 3.43. The Bertz CT molecular complexity index is 743. The van der Waals surface area contributed by atoms with E-state index in [1.165, 1.54) is 25.7 Å². The average Bonchev–Trinajstić information content (AvgIpc) is 2.67. The Balaban J connectivity index is 1.44. The molecule has 1 heterocycles. The SMILES string of the molecule is C[C@@H]1CCC[C@@H](N2CCN(C(=O)c3cccc4ccccc34)CC2)C1. The molecule has 0 unspecified atom stereocenters. The maximum atomic E-state index is 13.1. The summed E-state index contributed by atoms with van der Waals surface area (Å²) in [5, 5.41) is 2.21. The van der Waals surface area contributed by atoms with E-state index in [9.17, 15) is 4.79 Å². The summed E-state index contributed by atoms with van der Waals surface area (Å²) in [7, 11) is 0. The molecule has 0 radical (unpaired) electrons. The predicted octanol–water partition coefficient (Wildman–Crippen LogP) is 4.18. The van der Waals surface area contributed by atoms with Gasteiger partial charge in [0, 0.05) is 37.8 Å². The molecule has 3 nitrogen and oxygen atoms in total. The summed E-state index contributed by atoms with van der Waals surface area (Å²) in [4.78, 5) is 17.7. The highest BCUT2D eigenvalue weighted by atomic mass is 16.2. The molecule has 2 fully saturated rings. The maximum absolute atomic E-state index is 13.1. The van der Waals surface area contributed by atoms with Crippen LogP contribution in [0, 0.1) is 5.92 Å². The highest BCUT2D eigenvalue weighted by molar-refractivity contribution is 6.07. The first-order valence-corrected chi connectivity index (χ1v) is 9.73. The number of hydrogen-bond donors (Lipinski definition) is 0. The molecule has 0 aromatic heterocycles. The van der Waals surface area contributed by atoms with Gasteiger partial charge in [0.2, 0.25) is 0 Å². The van der Waals surface area contributed by atoms with Gasteiger partial charge in [-0.1, -0.05) is 56.2 Å². The van der Waals surface area contributed by atoms with E-state index in [0.717, 1.165) is 54.5 Å². The van der Waals surface area contributed by atoms with Crippen LogP contribution in [0.25, 0.3) is 10.8 Å². The molecule has 25 heavy (non-hydrogen) atoms. The van der Waals surface area contributed by atoms with E-state index < -0.39 is 0 Å². The fraction of sp³-hybridized carbons (Fsp3) is 0.500. The van der Waals surface area contributed by atoms with Crippen molar-refractivity contribution in [1.29, 1.82) is 0 Å². The molecule has 4 rings (SSSR count). The van der Waals surface area contributed by atoms with Crippen LogP contribution in [-0.2, 0) is 0 Å². The number of nitrogens with zero attached hydrogens (tertiary/aromatic N) is 2. The highest BCUT2D eigenvalue weighted by Gasteiger charge is 2.29. The summed E-state index contributed by atoms with van der Waals surface area (Å²) < 4.78 is 0. The molecule has 2 atom stereocenters. The van der Waals surface area contributed by atoms with E-state index in [2.05, 4.69) is 30.0 Å². The molecular weight excluding hydrogens is 308 g/mol. The van der Waals surface area contributed by atoms with Crippen molar-refractivity contribution in [3.8, 4) is 0 Å². The van der Waals surface area contributed by atoms with Crippen molar-refractivity contribution >= 4 is 16.7 Å². The molecule has 1 saturated heterocycles. The molecule has 0 N–H and O–H groups in total. The van der Waals surface area contributed by atoms with Gasteiger partial charge < -0.3 is 4.90 Å². The summed E-state index contributed by atoms with van der Waals surface area (Å²) in [5.74, 6) is 1.04. The van der Waals surface area contributed by atoms with Gasteiger partial charge in [0.1, 0.15) is 0 Å². The number of benzene rings is 2. The summed E-state index contributed by atoms with van der Waals surface area (Å²) >= 11 is 0. The highest BCUT2D eigenvalue weighted by Crippen LogP contribution is 2.28. The lowest BCUT2D eigenvalue weighted by Crippen LogP contribution is -2.52. The normalized spacial score (nSPS) is 25.2. The van der Waals surface area contributed by atoms with Crippen molar-refractivity contribution in [1.82, 2.24) is 9.80 Å². The molecule has 1 aliphatic carbocycles. The number of amides is 1. The third-order valence-corrected chi connectivity index (χ3v) is 6.05. The predicted molar refractivity (Wildman–Crippen MR) is 103 cm³/mol. The maximum Gasteiger partial charge on any atom is 0.254 e. The molecule has 1 amide bonds. The number of fused-ring (bicyclic) bond motifs is 1. The lowest BCUT2D eigenvalue weighted by molar-refractivity contribution is 0.0490. The zero-order chi connectivity index (χ0) is 17.2. The smallest absolute Gasteiger partial charge is 0.254 e. The van der Waals surface area contributed by atoms with Crippen molar-refractivity contribution in [3.63, 3.8) is 0 Å². The minimum absolute atomic E-state index is 0.188. The van der Waals surface area contributed by atoms with Gasteiger partial charge in [-0.3, -0.25) is 9.69 Å². The first-order chi connectivity index (χ1) is 12.2. The van der Waals surface area contributed by atoms with Gasteiger partial charge >= 0.3 is 0 Å². The fourth-order valence-electron chi connectivity index (χ4n) is 4.61. The van der Waals surface area contributed by atoms with E-state index in [4.69, 9.17) is 0 Å². The van der Waals surface area contributed by atoms with Crippen LogP contribution in [0.15, 0.2) is 42.5 Å². The average molecular weight is 336 g/mol. The van der Waals surface area contributed by atoms with Crippen LogP contribution in [0.5, 0.6) is 0 Å². The van der Waals surface area contributed by atoms with E-state index >= 15 is 0 Å². The van der Waals surface area contributed by atoms with Crippen molar-refractivity contribution in [2.45, 2.75) is 38.6 Å². The number of rotatable bonds is 2. The summed E-state index contributed by atoms with van der Waals surface area (Å²) in [6.45, 7) is 6.13. The number of piperazine rings is 1. The first kappa shape index (κ1) is 16.6. The van der Waals surface area contributed by atoms with E-state index in [-0.39, 0.29) is 5.91 Å². The lowest BCUT2D eigenvalue weighted by Gasteiger charge is -2.42. The first-order valence-electron chi connectivity index (χ1n) is 9.73. The molecule has 3 heteroatoms. The molecule has 2 aliphatic rings. The van der Waals surface area contributed by atoms with Crippen LogP contribution in [0.3, 0.4) is 0 Å². The second kappa shape index (κ2) is 7.17. The Morgan fingerprint density at radius 3 is 2.52 bits per heavy atom. The van der Waals surface area contributed by atoms with Gasteiger partial charge in [-0.25, -0.2) is 0 Å².